The molecule has 2 aromatic rings. The zero-order valence-corrected chi connectivity index (χ0v) is 15.6. The number of hydrogen-bond acceptors (Lipinski definition) is 5. The Hall–Kier alpha value is -1.78. The summed E-state index contributed by atoms with van der Waals surface area (Å²) in [6, 6.07) is 18.1. The first-order valence-electron chi connectivity index (χ1n) is 7.92. The van der Waals surface area contributed by atoms with Crippen LogP contribution in [0.25, 0.3) is 0 Å². The van der Waals surface area contributed by atoms with E-state index in [1.807, 2.05) is 36.4 Å². The van der Waals surface area contributed by atoms with Gasteiger partial charge >= 0.3 is 7.60 Å². The Morgan fingerprint density at radius 2 is 1.44 bits per heavy atom. The molecular formula is C19H23O5P. The van der Waals surface area contributed by atoms with Crippen molar-refractivity contribution in [2.45, 2.75) is 12.0 Å². The summed E-state index contributed by atoms with van der Waals surface area (Å²) in [6.45, 7) is 0. The van der Waals surface area contributed by atoms with Crippen molar-refractivity contribution in [3.8, 4) is 0 Å². The second-order valence-electron chi connectivity index (χ2n) is 5.54. The van der Waals surface area contributed by atoms with Crippen LogP contribution in [0.5, 0.6) is 0 Å². The van der Waals surface area contributed by atoms with Crippen molar-refractivity contribution in [1.29, 1.82) is 0 Å². The molecule has 1 unspecified atom stereocenters. The molecule has 0 bridgehead atoms. The summed E-state index contributed by atoms with van der Waals surface area (Å²) in [5.41, 5.74) is -0.0435. The van der Waals surface area contributed by atoms with Crippen molar-refractivity contribution in [2.24, 2.45) is 0 Å². The monoisotopic (exact) mass is 362 g/mol. The van der Waals surface area contributed by atoms with Gasteiger partial charge in [-0.2, -0.15) is 0 Å². The number of Topliss-reactive ketones (excluding diaryl/α,β-unsaturated/α-hetero) is 1. The van der Waals surface area contributed by atoms with Gasteiger partial charge in [0.1, 0.15) is 0 Å². The fraction of sp³-hybridized carbons (Fsp3) is 0.316. The van der Waals surface area contributed by atoms with E-state index >= 15 is 0 Å². The minimum Gasteiger partial charge on any atom is -0.365 e. The lowest BCUT2D eigenvalue weighted by Gasteiger charge is -2.32. The lowest BCUT2D eigenvalue weighted by Crippen LogP contribution is -2.39. The number of carbonyl (C=O) groups excluding carboxylic acids is 1. The highest BCUT2D eigenvalue weighted by atomic mass is 31.2. The highest BCUT2D eigenvalue weighted by Gasteiger charge is 2.42. The van der Waals surface area contributed by atoms with Gasteiger partial charge in [-0.05, 0) is 12.0 Å². The summed E-state index contributed by atoms with van der Waals surface area (Å²) in [7, 11) is 0.877. The largest absolute Gasteiger partial charge is 0.365 e. The van der Waals surface area contributed by atoms with Crippen molar-refractivity contribution >= 4 is 13.4 Å². The van der Waals surface area contributed by atoms with Crippen LogP contribution in [0.3, 0.4) is 0 Å². The number of ketones is 1. The molecule has 0 saturated heterocycles. The molecule has 0 saturated carbocycles. The molecule has 0 heterocycles. The molecule has 0 amide bonds. The second kappa shape index (κ2) is 8.54. The lowest BCUT2D eigenvalue weighted by molar-refractivity contribution is -0.00370. The van der Waals surface area contributed by atoms with Crippen LogP contribution < -0.4 is 0 Å². The van der Waals surface area contributed by atoms with Gasteiger partial charge in [-0.3, -0.25) is 9.36 Å². The summed E-state index contributed by atoms with van der Waals surface area (Å²) in [6.07, 6.45) is 0.224. The summed E-state index contributed by atoms with van der Waals surface area (Å²) >= 11 is 0. The van der Waals surface area contributed by atoms with E-state index in [1.165, 1.54) is 21.3 Å². The predicted octanol–water partition coefficient (Wildman–Crippen LogP) is 4.29. The van der Waals surface area contributed by atoms with Crippen LogP contribution in [-0.2, 0) is 24.0 Å². The Morgan fingerprint density at radius 3 is 1.92 bits per heavy atom. The Labute approximate surface area is 148 Å². The topological polar surface area (TPSA) is 61.8 Å². The fourth-order valence-corrected chi connectivity index (χ4v) is 3.89. The minimum atomic E-state index is -3.27. The van der Waals surface area contributed by atoms with Gasteiger partial charge in [0.15, 0.2) is 11.4 Å². The van der Waals surface area contributed by atoms with E-state index in [2.05, 4.69) is 0 Å². The number of benzene rings is 2. The van der Waals surface area contributed by atoms with E-state index in [9.17, 15) is 9.36 Å². The van der Waals surface area contributed by atoms with Gasteiger partial charge in [-0.15, -0.1) is 0 Å². The van der Waals surface area contributed by atoms with Crippen molar-refractivity contribution < 1.29 is 23.1 Å². The average molecular weight is 362 g/mol. The minimum absolute atomic E-state index is 0.0569. The number of hydrogen-bond donors (Lipinski definition) is 0. The molecule has 6 heteroatoms. The molecule has 2 aromatic carbocycles. The first-order chi connectivity index (χ1) is 12.0. The Bertz CT molecular complexity index is 724. The maximum absolute atomic E-state index is 13.3. The van der Waals surface area contributed by atoms with Gasteiger partial charge in [-0.1, -0.05) is 60.7 Å². The number of rotatable bonds is 9. The molecule has 0 radical (unpaired) electrons. The van der Waals surface area contributed by atoms with Crippen LogP contribution >= 0.6 is 7.60 Å². The van der Waals surface area contributed by atoms with Crippen LogP contribution in [-0.4, -0.2) is 33.3 Å². The quantitative estimate of drug-likeness (QED) is 0.492. The first-order valence-corrected chi connectivity index (χ1v) is 9.65. The molecule has 0 aliphatic heterocycles. The molecule has 0 spiro atoms. The van der Waals surface area contributed by atoms with Gasteiger partial charge in [0.05, 0.1) is 6.16 Å². The van der Waals surface area contributed by atoms with Gasteiger partial charge in [0.2, 0.25) is 0 Å². The van der Waals surface area contributed by atoms with Crippen LogP contribution in [0.4, 0.5) is 0 Å². The fourth-order valence-electron chi connectivity index (χ4n) is 2.78. The third-order valence-corrected chi connectivity index (χ3v) is 6.17. The standard InChI is InChI=1S/C19H23O5P/c1-22-19(17-12-8-5-9-13-17,14-15-25(21,23-2)24-3)18(20)16-10-6-4-7-11-16/h4-13H,14-15H2,1-3H3. The third kappa shape index (κ3) is 4.25. The first kappa shape index (κ1) is 19.5. The molecule has 2 rings (SSSR count). The summed E-state index contributed by atoms with van der Waals surface area (Å²) in [5, 5.41) is 0. The van der Waals surface area contributed by atoms with E-state index < -0.39 is 13.2 Å². The number of ether oxygens (including phenoxy) is 1. The maximum atomic E-state index is 13.3. The Kier molecular flexibility index (Phi) is 6.68. The molecular weight excluding hydrogens is 339 g/mol. The van der Waals surface area contributed by atoms with Crippen LogP contribution in [0.15, 0.2) is 60.7 Å². The highest BCUT2D eigenvalue weighted by molar-refractivity contribution is 7.53. The third-order valence-electron chi connectivity index (χ3n) is 4.29. The van der Waals surface area contributed by atoms with E-state index in [0.717, 1.165) is 0 Å². The Morgan fingerprint density at radius 1 is 0.920 bits per heavy atom. The Balaban J connectivity index is 2.47. The van der Waals surface area contributed by atoms with E-state index in [4.69, 9.17) is 13.8 Å². The van der Waals surface area contributed by atoms with Crippen LogP contribution in [0.2, 0.25) is 0 Å². The summed E-state index contributed by atoms with van der Waals surface area (Å²) < 4.78 is 28.3. The van der Waals surface area contributed by atoms with Crippen molar-refractivity contribution in [3.05, 3.63) is 71.8 Å². The van der Waals surface area contributed by atoms with E-state index in [-0.39, 0.29) is 18.4 Å². The number of carbonyl (C=O) groups is 1. The maximum Gasteiger partial charge on any atom is 0.330 e. The smallest absolute Gasteiger partial charge is 0.330 e. The molecule has 0 N–H and O–H groups in total. The molecule has 134 valence electrons. The SMILES string of the molecule is COC(CCP(=O)(OC)OC)(C(=O)c1ccccc1)c1ccccc1. The van der Waals surface area contributed by atoms with Gasteiger partial charge in [-0.25, -0.2) is 0 Å². The normalized spacial score (nSPS) is 14.0. The molecule has 0 aromatic heterocycles. The van der Waals surface area contributed by atoms with Crippen molar-refractivity contribution in [2.75, 3.05) is 27.5 Å². The summed E-state index contributed by atoms with van der Waals surface area (Å²) in [4.78, 5) is 13.3. The van der Waals surface area contributed by atoms with Gasteiger partial charge in [0.25, 0.3) is 0 Å². The molecule has 0 aliphatic carbocycles. The van der Waals surface area contributed by atoms with Crippen LogP contribution in [0, 0.1) is 0 Å². The zero-order valence-electron chi connectivity index (χ0n) is 14.7. The molecule has 5 nitrogen and oxygen atoms in total. The molecule has 25 heavy (non-hydrogen) atoms. The van der Waals surface area contributed by atoms with Crippen molar-refractivity contribution in [3.63, 3.8) is 0 Å². The molecule has 0 fully saturated rings. The second-order valence-corrected chi connectivity index (χ2v) is 7.94. The van der Waals surface area contributed by atoms with Crippen molar-refractivity contribution in [1.82, 2.24) is 0 Å². The molecule has 0 aliphatic rings. The van der Waals surface area contributed by atoms with E-state index in [0.29, 0.717) is 11.1 Å². The van der Waals surface area contributed by atoms with Crippen LogP contribution in [0.1, 0.15) is 22.3 Å². The average Bonchev–Trinajstić information content (AvgIpc) is 2.70. The summed E-state index contributed by atoms with van der Waals surface area (Å²) in [5.74, 6) is -0.194. The van der Waals surface area contributed by atoms with Gasteiger partial charge in [0, 0.05) is 26.9 Å². The lowest BCUT2D eigenvalue weighted by atomic mass is 9.83. The van der Waals surface area contributed by atoms with E-state index in [1.54, 1.807) is 24.3 Å². The predicted molar refractivity (Wildman–Crippen MR) is 97.0 cm³/mol. The number of methoxy groups -OCH3 is 1. The zero-order chi connectivity index (χ0) is 18.3. The molecule has 1 atom stereocenters. The highest BCUT2D eigenvalue weighted by Crippen LogP contribution is 2.49. The van der Waals surface area contributed by atoms with Gasteiger partial charge < -0.3 is 13.8 Å².